The van der Waals surface area contributed by atoms with Crippen LogP contribution in [0.2, 0.25) is 0 Å². The number of aliphatic carboxylic acids is 1. The zero-order valence-electron chi connectivity index (χ0n) is 8.25. The number of rotatable bonds is 4. The molecule has 0 saturated carbocycles. The first kappa shape index (κ1) is 11.6. The van der Waals surface area contributed by atoms with Gasteiger partial charge in [0.05, 0.1) is 17.1 Å². The van der Waals surface area contributed by atoms with E-state index in [-0.39, 0.29) is 0 Å². The van der Waals surface area contributed by atoms with Gasteiger partial charge < -0.3 is 5.11 Å². The number of carbonyl (C=O) groups is 1. The van der Waals surface area contributed by atoms with Crippen molar-refractivity contribution in [2.45, 2.75) is 13.0 Å². The summed E-state index contributed by atoms with van der Waals surface area (Å²) in [5.41, 5.74) is 0.838. The normalized spacial score (nSPS) is 13.7. The molecule has 1 N–H and O–H groups in total. The third-order valence-electron chi connectivity index (χ3n) is 2.20. The lowest BCUT2D eigenvalue weighted by Gasteiger charge is -2.15. The average Bonchev–Trinajstić information content (AvgIpc) is 2.26. The Bertz CT molecular complexity index is 385. The van der Waals surface area contributed by atoms with E-state index in [1.165, 1.54) is 0 Å². The lowest BCUT2D eigenvalue weighted by molar-refractivity contribution is -0.141. The third kappa shape index (κ3) is 2.98. The number of isothiocyanates is 1. The Balaban J connectivity index is 3.03. The van der Waals surface area contributed by atoms with Gasteiger partial charge >= 0.3 is 5.97 Å². The van der Waals surface area contributed by atoms with Gasteiger partial charge in [-0.3, -0.25) is 4.79 Å². The Hall–Kier alpha value is -1.51. The number of hydrogen-bond donors (Lipinski definition) is 1. The second-order valence-corrected chi connectivity index (χ2v) is 3.39. The van der Waals surface area contributed by atoms with Gasteiger partial charge in [-0.1, -0.05) is 30.3 Å². The van der Waals surface area contributed by atoms with Crippen LogP contribution in [0, 0.1) is 5.92 Å². The fraction of sp³-hybridized carbons (Fsp3) is 0.273. The quantitative estimate of drug-likeness (QED) is 0.628. The maximum Gasteiger partial charge on any atom is 0.308 e. The minimum Gasteiger partial charge on any atom is -0.481 e. The smallest absolute Gasteiger partial charge is 0.308 e. The molecule has 15 heavy (non-hydrogen) atoms. The molecule has 1 aromatic rings. The number of nitrogens with zero attached hydrogens (tertiary/aromatic N) is 1. The lowest BCUT2D eigenvalue weighted by Crippen LogP contribution is -2.17. The van der Waals surface area contributed by atoms with Crippen molar-refractivity contribution in [3.05, 3.63) is 35.9 Å². The first-order valence-electron chi connectivity index (χ1n) is 4.51. The third-order valence-corrected chi connectivity index (χ3v) is 2.30. The zero-order chi connectivity index (χ0) is 11.3. The number of hydrogen-bond acceptors (Lipinski definition) is 3. The highest BCUT2D eigenvalue weighted by atomic mass is 32.1. The minimum absolute atomic E-state index is 0.457. The molecule has 1 aromatic carbocycles. The number of benzene rings is 1. The lowest BCUT2D eigenvalue weighted by atomic mass is 9.95. The Morgan fingerprint density at radius 1 is 1.47 bits per heavy atom. The summed E-state index contributed by atoms with van der Waals surface area (Å²) in [7, 11) is 0. The second kappa shape index (κ2) is 5.39. The number of thiocarbonyl (C=S) groups is 1. The molecule has 0 aliphatic carbocycles. The van der Waals surface area contributed by atoms with Crippen molar-refractivity contribution in [3.8, 4) is 0 Å². The van der Waals surface area contributed by atoms with E-state index >= 15 is 0 Å². The number of carboxylic acid groups (broad SMARTS) is 1. The highest BCUT2D eigenvalue weighted by molar-refractivity contribution is 7.78. The minimum atomic E-state index is -0.891. The molecule has 2 unspecified atom stereocenters. The van der Waals surface area contributed by atoms with Crippen molar-refractivity contribution >= 4 is 23.3 Å². The van der Waals surface area contributed by atoms with Crippen LogP contribution in [-0.2, 0) is 4.79 Å². The fourth-order valence-corrected chi connectivity index (χ4v) is 1.43. The monoisotopic (exact) mass is 221 g/mol. The van der Waals surface area contributed by atoms with Crippen LogP contribution in [0.15, 0.2) is 35.3 Å². The van der Waals surface area contributed by atoms with E-state index in [1.54, 1.807) is 6.92 Å². The van der Waals surface area contributed by atoms with Gasteiger partial charge in [-0.15, -0.1) is 0 Å². The summed E-state index contributed by atoms with van der Waals surface area (Å²) in [6.45, 7) is 1.61. The highest BCUT2D eigenvalue weighted by Crippen LogP contribution is 2.25. The van der Waals surface area contributed by atoms with E-state index in [2.05, 4.69) is 22.4 Å². The van der Waals surface area contributed by atoms with Gasteiger partial charge in [-0.05, 0) is 24.7 Å². The molecule has 2 atom stereocenters. The summed E-state index contributed by atoms with van der Waals surface area (Å²) in [6.07, 6.45) is 0. The van der Waals surface area contributed by atoms with Gasteiger partial charge in [0.1, 0.15) is 0 Å². The maximum atomic E-state index is 10.9. The molecule has 0 aliphatic heterocycles. The summed E-state index contributed by atoms with van der Waals surface area (Å²) >= 11 is 4.52. The molecule has 4 heteroatoms. The van der Waals surface area contributed by atoms with E-state index in [0.717, 1.165) is 5.56 Å². The molecule has 0 heterocycles. The largest absolute Gasteiger partial charge is 0.481 e. The summed E-state index contributed by atoms with van der Waals surface area (Å²) in [5.74, 6) is -1.50. The Kier molecular flexibility index (Phi) is 4.16. The van der Waals surface area contributed by atoms with Crippen LogP contribution in [0.1, 0.15) is 18.5 Å². The molecule has 0 amide bonds. The predicted molar refractivity (Wildman–Crippen MR) is 61.0 cm³/mol. The van der Waals surface area contributed by atoms with Gasteiger partial charge in [-0.2, -0.15) is 0 Å². The van der Waals surface area contributed by atoms with Crippen LogP contribution in [0.25, 0.3) is 0 Å². The zero-order valence-corrected chi connectivity index (χ0v) is 9.07. The van der Waals surface area contributed by atoms with E-state index < -0.39 is 17.9 Å². The van der Waals surface area contributed by atoms with E-state index in [0.29, 0.717) is 0 Å². The van der Waals surface area contributed by atoms with Gasteiger partial charge in [0.25, 0.3) is 0 Å². The van der Waals surface area contributed by atoms with Crippen molar-refractivity contribution in [3.63, 3.8) is 0 Å². The van der Waals surface area contributed by atoms with E-state index in [4.69, 9.17) is 5.11 Å². The molecule has 1 rings (SSSR count). The molecule has 0 aliphatic rings. The van der Waals surface area contributed by atoms with Crippen molar-refractivity contribution in [1.29, 1.82) is 0 Å². The van der Waals surface area contributed by atoms with Crippen LogP contribution >= 0.6 is 12.2 Å². The van der Waals surface area contributed by atoms with Gasteiger partial charge in [0, 0.05) is 0 Å². The van der Waals surface area contributed by atoms with Gasteiger partial charge in [0.2, 0.25) is 0 Å². The summed E-state index contributed by atoms with van der Waals surface area (Å²) < 4.78 is 0. The fourth-order valence-electron chi connectivity index (χ4n) is 1.32. The molecule has 0 bridgehead atoms. The first-order chi connectivity index (χ1) is 7.16. The molecule has 0 radical (unpaired) electrons. The molecular formula is C11H11NO2S. The van der Waals surface area contributed by atoms with Crippen LogP contribution < -0.4 is 0 Å². The number of aliphatic imine (C=N–C) groups is 1. The van der Waals surface area contributed by atoms with E-state index in [1.807, 2.05) is 30.3 Å². The Labute approximate surface area is 93.5 Å². The SMILES string of the molecule is CC(C(=O)O)C(N=C=S)c1ccccc1. The number of carboxylic acids is 1. The average molecular weight is 221 g/mol. The topological polar surface area (TPSA) is 49.7 Å². The Morgan fingerprint density at radius 2 is 2.07 bits per heavy atom. The summed E-state index contributed by atoms with van der Waals surface area (Å²) in [5, 5.41) is 11.2. The predicted octanol–water partition coefficient (Wildman–Crippen LogP) is 2.55. The van der Waals surface area contributed by atoms with Crippen LogP contribution in [0.5, 0.6) is 0 Å². The molecule has 0 saturated heterocycles. The molecule has 3 nitrogen and oxygen atoms in total. The summed E-state index contributed by atoms with van der Waals surface area (Å²) in [4.78, 5) is 14.8. The van der Waals surface area contributed by atoms with Crippen molar-refractivity contribution in [2.75, 3.05) is 0 Å². The molecular weight excluding hydrogens is 210 g/mol. The molecule has 78 valence electrons. The molecule has 0 spiro atoms. The first-order valence-corrected chi connectivity index (χ1v) is 4.92. The second-order valence-electron chi connectivity index (χ2n) is 3.20. The Morgan fingerprint density at radius 3 is 2.53 bits per heavy atom. The molecule has 0 fully saturated rings. The van der Waals surface area contributed by atoms with Crippen molar-refractivity contribution in [2.24, 2.45) is 10.9 Å². The van der Waals surface area contributed by atoms with Gasteiger partial charge in [-0.25, -0.2) is 4.99 Å². The maximum absolute atomic E-state index is 10.9. The van der Waals surface area contributed by atoms with E-state index in [9.17, 15) is 4.79 Å². The molecule has 0 aromatic heterocycles. The van der Waals surface area contributed by atoms with Crippen molar-refractivity contribution in [1.82, 2.24) is 0 Å². The van der Waals surface area contributed by atoms with Gasteiger partial charge in [0.15, 0.2) is 0 Å². The standard InChI is InChI=1S/C11H11NO2S/c1-8(11(13)14)10(12-7-15)9-5-3-2-4-6-9/h2-6,8,10H,1H3,(H,13,14). The highest BCUT2D eigenvalue weighted by Gasteiger charge is 2.24. The van der Waals surface area contributed by atoms with Crippen LogP contribution in [-0.4, -0.2) is 16.2 Å². The van der Waals surface area contributed by atoms with Crippen LogP contribution in [0.4, 0.5) is 0 Å². The van der Waals surface area contributed by atoms with Crippen LogP contribution in [0.3, 0.4) is 0 Å². The van der Waals surface area contributed by atoms with Crippen molar-refractivity contribution < 1.29 is 9.90 Å². The summed E-state index contributed by atoms with van der Waals surface area (Å²) in [6, 6.07) is 8.76.